The Bertz CT molecular complexity index is 448. The van der Waals surface area contributed by atoms with Crippen molar-refractivity contribution in [3.05, 3.63) is 31.8 Å². The van der Waals surface area contributed by atoms with E-state index in [1.165, 1.54) is 11.3 Å². The quantitative estimate of drug-likeness (QED) is 0.743. The summed E-state index contributed by atoms with van der Waals surface area (Å²) < 4.78 is 7.34. The minimum Gasteiger partial charge on any atom is -0.430 e. The smallest absolute Gasteiger partial charge is 0.300 e. The van der Waals surface area contributed by atoms with Crippen LogP contribution >= 0.6 is 49.9 Å². The number of halogens is 2. The first-order chi connectivity index (χ1) is 6.74. The summed E-state index contributed by atoms with van der Waals surface area (Å²) in [7, 11) is 0. The first kappa shape index (κ1) is 10.3. The SMILES string of the molecule is Brc1nnc(Oc2cccc(I)c2)s1. The van der Waals surface area contributed by atoms with Gasteiger partial charge in [0, 0.05) is 3.57 Å². The fourth-order valence-corrected chi connectivity index (χ4v) is 2.32. The Morgan fingerprint density at radius 2 is 2.21 bits per heavy atom. The molecule has 0 fully saturated rings. The molecule has 6 heteroatoms. The molecule has 2 rings (SSSR count). The summed E-state index contributed by atoms with van der Waals surface area (Å²) in [6.07, 6.45) is 0. The number of benzene rings is 1. The Morgan fingerprint density at radius 1 is 1.36 bits per heavy atom. The van der Waals surface area contributed by atoms with Crippen LogP contribution in [-0.2, 0) is 0 Å². The molecule has 1 aromatic carbocycles. The molecule has 0 aliphatic carbocycles. The van der Waals surface area contributed by atoms with Crippen LogP contribution in [0.2, 0.25) is 0 Å². The first-order valence-electron chi connectivity index (χ1n) is 3.66. The zero-order valence-electron chi connectivity index (χ0n) is 6.78. The predicted molar refractivity (Wildman–Crippen MR) is 66.8 cm³/mol. The number of hydrogen-bond donors (Lipinski definition) is 0. The van der Waals surface area contributed by atoms with E-state index in [-0.39, 0.29) is 0 Å². The number of rotatable bonds is 2. The molecule has 0 saturated heterocycles. The van der Waals surface area contributed by atoms with Gasteiger partial charge < -0.3 is 4.74 Å². The summed E-state index contributed by atoms with van der Waals surface area (Å²) >= 11 is 6.81. The van der Waals surface area contributed by atoms with Crippen molar-refractivity contribution in [3.8, 4) is 10.9 Å². The van der Waals surface area contributed by atoms with Crippen molar-refractivity contribution in [2.45, 2.75) is 0 Å². The summed E-state index contributed by atoms with van der Waals surface area (Å²) in [5.41, 5.74) is 0. The summed E-state index contributed by atoms with van der Waals surface area (Å²) in [5.74, 6) is 0.778. The molecule has 2 aromatic rings. The number of hydrogen-bond acceptors (Lipinski definition) is 4. The Hall–Kier alpha value is -0.210. The normalized spacial score (nSPS) is 10.1. The van der Waals surface area contributed by atoms with Crippen LogP contribution in [0.4, 0.5) is 0 Å². The van der Waals surface area contributed by atoms with E-state index in [1.807, 2.05) is 24.3 Å². The Labute approximate surface area is 107 Å². The average Bonchev–Trinajstić information content (AvgIpc) is 2.51. The maximum absolute atomic E-state index is 5.49. The molecule has 1 aromatic heterocycles. The Kier molecular flexibility index (Phi) is 3.34. The lowest BCUT2D eigenvalue weighted by Gasteiger charge is -1.99. The van der Waals surface area contributed by atoms with Gasteiger partial charge in [-0.3, -0.25) is 0 Å². The van der Waals surface area contributed by atoms with E-state index in [4.69, 9.17) is 4.74 Å². The fraction of sp³-hybridized carbons (Fsp3) is 0. The second-order valence-corrected chi connectivity index (χ2v) is 5.84. The molecule has 0 N–H and O–H groups in total. The van der Waals surface area contributed by atoms with E-state index in [0.717, 1.165) is 13.2 Å². The van der Waals surface area contributed by atoms with Crippen molar-refractivity contribution in [2.24, 2.45) is 0 Å². The van der Waals surface area contributed by atoms with Crippen LogP contribution in [0.1, 0.15) is 0 Å². The fourth-order valence-electron chi connectivity index (χ4n) is 0.866. The minimum atomic E-state index is 0.541. The van der Waals surface area contributed by atoms with Crippen molar-refractivity contribution in [1.82, 2.24) is 10.2 Å². The van der Waals surface area contributed by atoms with E-state index in [9.17, 15) is 0 Å². The molecular formula is C8H4BrIN2OS. The van der Waals surface area contributed by atoms with E-state index < -0.39 is 0 Å². The average molecular weight is 383 g/mol. The van der Waals surface area contributed by atoms with Gasteiger partial charge in [0.25, 0.3) is 5.19 Å². The molecule has 0 aliphatic rings. The maximum Gasteiger partial charge on any atom is 0.300 e. The third-order valence-electron chi connectivity index (χ3n) is 1.38. The Balaban J connectivity index is 2.18. The van der Waals surface area contributed by atoms with Crippen molar-refractivity contribution in [1.29, 1.82) is 0 Å². The minimum absolute atomic E-state index is 0.541. The number of aromatic nitrogens is 2. The summed E-state index contributed by atoms with van der Waals surface area (Å²) in [6, 6.07) is 7.77. The van der Waals surface area contributed by atoms with E-state index in [2.05, 4.69) is 48.7 Å². The third kappa shape index (κ3) is 2.64. The maximum atomic E-state index is 5.49. The topological polar surface area (TPSA) is 35.0 Å². The van der Waals surface area contributed by atoms with Gasteiger partial charge in [-0.2, -0.15) is 0 Å². The van der Waals surface area contributed by atoms with Crippen LogP contribution in [-0.4, -0.2) is 10.2 Å². The van der Waals surface area contributed by atoms with Crippen molar-refractivity contribution in [2.75, 3.05) is 0 Å². The van der Waals surface area contributed by atoms with E-state index in [0.29, 0.717) is 5.19 Å². The van der Waals surface area contributed by atoms with Gasteiger partial charge in [-0.1, -0.05) is 11.2 Å². The van der Waals surface area contributed by atoms with Crippen LogP contribution < -0.4 is 4.74 Å². The van der Waals surface area contributed by atoms with Crippen LogP contribution in [0, 0.1) is 3.57 Å². The largest absolute Gasteiger partial charge is 0.430 e. The monoisotopic (exact) mass is 382 g/mol. The molecule has 1 heterocycles. The molecule has 0 spiro atoms. The highest BCUT2D eigenvalue weighted by molar-refractivity contribution is 14.1. The molecule has 0 radical (unpaired) electrons. The first-order valence-corrected chi connectivity index (χ1v) is 6.35. The molecule has 0 amide bonds. The van der Waals surface area contributed by atoms with Crippen LogP contribution in [0.5, 0.6) is 10.9 Å². The Morgan fingerprint density at radius 3 is 2.86 bits per heavy atom. The second kappa shape index (κ2) is 4.54. The predicted octanol–water partition coefficient (Wildman–Crippen LogP) is 3.70. The molecule has 3 nitrogen and oxygen atoms in total. The molecular weight excluding hydrogens is 379 g/mol. The second-order valence-electron chi connectivity index (χ2n) is 2.38. The summed E-state index contributed by atoms with van der Waals surface area (Å²) in [4.78, 5) is 0. The molecule has 0 aliphatic heterocycles. The standard InChI is InChI=1S/C8H4BrIN2OS/c9-7-11-12-8(14-7)13-6-3-1-2-5(10)4-6/h1-4H. The van der Waals surface area contributed by atoms with E-state index in [1.54, 1.807) is 0 Å². The van der Waals surface area contributed by atoms with Gasteiger partial charge in [-0.15, -0.1) is 5.10 Å². The van der Waals surface area contributed by atoms with Gasteiger partial charge >= 0.3 is 0 Å². The van der Waals surface area contributed by atoms with Crippen LogP contribution in [0.3, 0.4) is 0 Å². The van der Waals surface area contributed by atoms with Gasteiger partial charge in [0.05, 0.1) is 0 Å². The van der Waals surface area contributed by atoms with Crippen molar-refractivity contribution >= 4 is 49.9 Å². The molecule has 0 bridgehead atoms. The van der Waals surface area contributed by atoms with Crippen molar-refractivity contribution < 1.29 is 4.74 Å². The molecule has 0 atom stereocenters. The highest BCUT2D eigenvalue weighted by Gasteiger charge is 2.03. The summed E-state index contributed by atoms with van der Waals surface area (Å²) in [6.45, 7) is 0. The van der Waals surface area contributed by atoms with Gasteiger partial charge in [-0.25, -0.2) is 0 Å². The highest BCUT2D eigenvalue weighted by Crippen LogP contribution is 2.27. The molecule has 14 heavy (non-hydrogen) atoms. The van der Waals surface area contributed by atoms with Gasteiger partial charge in [0.15, 0.2) is 3.92 Å². The van der Waals surface area contributed by atoms with Gasteiger partial charge in [0.2, 0.25) is 0 Å². The van der Waals surface area contributed by atoms with Gasteiger partial charge in [-0.05, 0) is 68.1 Å². The molecule has 72 valence electrons. The molecule has 0 saturated carbocycles. The number of nitrogens with zero attached hydrogens (tertiary/aromatic N) is 2. The zero-order chi connectivity index (χ0) is 9.97. The lowest BCUT2D eigenvalue weighted by molar-refractivity contribution is 0.473. The zero-order valence-corrected chi connectivity index (χ0v) is 11.3. The van der Waals surface area contributed by atoms with Crippen LogP contribution in [0.25, 0.3) is 0 Å². The lowest BCUT2D eigenvalue weighted by atomic mass is 10.3. The van der Waals surface area contributed by atoms with Crippen LogP contribution in [0.15, 0.2) is 28.2 Å². The lowest BCUT2D eigenvalue weighted by Crippen LogP contribution is -1.83. The number of ether oxygens (including phenoxy) is 1. The van der Waals surface area contributed by atoms with E-state index >= 15 is 0 Å². The van der Waals surface area contributed by atoms with Gasteiger partial charge in [0.1, 0.15) is 5.75 Å². The third-order valence-corrected chi connectivity index (χ3v) is 3.29. The van der Waals surface area contributed by atoms with Crippen molar-refractivity contribution in [3.63, 3.8) is 0 Å². The molecule has 0 unspecified atom stereocenters. The summed E-state index contributed by atoms with van der Waals surface area (Å²) in [5, 5.41) is 8.17. The highest BCUT2D eigenvalue weighted by atomic mass is 127.